The molecule has 10 atom stereocenters. The van der Waals surface area contributed by atoms with E-state index in [1.165, 1.54) is 0 Å². The summed E-state index contributed by atoms with van der Waals surface area (Å²) in [6, 6.07) is 14.7. The zero-order chi connectivity index (χ0) is 41.0. The molecule has 1 aromatic heterocycles. The number of aromatic nitrogens is 1. The summed E-state index contributed by atoms with van der Waals surface area (Å²) in [4.78, 5) is 69.2. The number of allylic oxidation sites excluding steroid dienone is 4. The van der Waals surface area contributed by atoms with Crippen molar-refractivity contribution in [2.45, 2.75) is 83.0 Å². The Balaban J connectivity index is 0.819. The van der Waals surface area contributed by atoms with Crippen LogP contribution < -0.4 is 11.1 Å². The predicted octanol–water partition coefficient (Wildman–Crippen LogP) is 5.11. The van der Waals surface area contributed by atoms with Crippen molar-refractivity contribution < 1.29 is 43.7 Å². The molecule has 12 nitrogen and oxygen atoms in total. The summed E-state index contributed by atoms with van der Waals surface area (Å²) in [5.41, 5.74) is 5.89. The third kappa shape index (κ3) is 6.98. The number of fused-ring (bicyclic) bond motifs is 6. The van der Waals surface area contributed by atoms with E-state index in [4.69, 9.17) is 15.2 Å². The van der Waals surface area contributed by atoms with Crippen molar-refractivity contribution in [1.29, 1.82) is 0 Å². The molecule has 5 aliphatic rings. The highest BCUT2D eigenvalue weighted by Gasteiger charge is 2.68. The Hall–Kier alpha value is -5.04. The van der Waals surface area contributed by atoms with Gasteiger partial charge in [-0.05, 0) is 110 Å². The number of esters is 2. The molecule has 4 unspecified atom stereocenters. The molecule has 304 valence electrons. The zero-order valence-electron chi connectivity index (χ0n) is 32.9. The number of hydrogen-bond acceptors (Lipinski definition) is 11. The molecule has 58 heavy (non-hydrogen) atoms. The predicted molar refractivity (Wildman–Crippen MR) is 214 cm³/mol. The van der Waals surface area contributed by atoms with Gasteiger partial charge in [0.05, 0.1) is 23.9 Å². The van der Waals surface area contributed by atoms with Crippen molar-refractivity contribution in [2.24, 2.45) is 46.2 Å². The summed E-state index contributed by atoms with van der Waals surface area (Å²) >= 11 is 0. The topological polar surface area (TPSA) is 195 Å². The van der Waals surface area contributed by atoms with E-state index in [9.17, 15) is 34.2 Å². The maximum absolute atomic E-state index is 13.7. The SMILES string of the molecule is C[C@]12C=CC(=O)C=C1CCC1[C@@H]2[C@@H](O)C[C@@]2(C)[C@H]1CC[C@]2(O)C(=O)COC(=O)C1CC1C(=O)OCc1ccc(C(CCN)C(=O)Nc2ccc3cnccc3c2)cc1. The minimum atomic E-state index is -1.78. The maximum atomic E-state index is 13.7. The number of pyridine rings is 1. The first-order valence-corrected chi connectivity index (χ1v) is 20.4. The van der Waals surface area contributed by atoms with E-state index in [-0.39, 0.29) is 55.3 Å². The van der Waals surface area contributed by atoms with Crippen LogP contribution in [0.1, 0.15) is 75.8 Å². The lowest BCUT2D eigenvalue weighted by atomic mass is 9.46. The Morgan fingerprint density at radius 1 is 1.00 bits per heavy atom. The monoisotopic (exact) mass is 789 g/mol. The number of Topliss-reactive ketones (excluding diaryl/α,β-unsaturated/α-hetero) is 1. The number of aliphatic hydroxyl groups is 2. The van der Waals surface area contributed by atoms with Gasteiger partial charge in [0.25, 0.3) is 0 Å². The molecular weight excluding hydrogens is 739 g/mol. The average molecular weight is 790 g/mol. The molecule has 2 aromatic carbocycles. The van der Waals surface area contributed by atoms with E-state index in [0.717, 1.165) is 34.8 Å². The van der Waals surface area contributed by atoms with Gasteiger partial charge in [-0.15, -0.1) is 0 Å². The van der Waals surface area contributed by atoms with E-state index in [0.29, 0.717) is 30.6 Å². The Kier molecular flexibility index (Phi) is 10.5. The van der Waals surface area contributed by atoms with Gasteiger partial charge < -0.3 is 30.7 Å². The molecule has 0 bridgehead atoms. The minimum Gasteiger partial charge on any atom is -0.461 e. The van der Waals surface area contributed by atoms with Gasteiger partial charge in [0.1, 0.15) is 12.2 Å². The van der Waals surface area contributed by atoms with Crippen LogP contribution in [0.4, 0.5) is 5.69 Å². The number of amides is 1. The molecule has 3 aromatic rings. The molecule has 1 amide bonds. The van der Waals surface area contributed by atoms with E-state index >= 15 is 0 Å². The first kappa shape index (κ1) is 39.8. The summed E-state index contributed by atoms with van der Waals surface area (Å²) < 4.78 is 11.0. The lowest BCUT2D eigenvalue weighted by Crippen LogP contribution is -2.61. The van der Waals surface area contributed by atoms with Gasteiger partial charge in [0.2, 0.25) is 11.7 Å². The number of carbonyl (C=O) groups is 5. The Labute approximate surface area is 337 Å². The van der Waals surface area contributed by atoms with Crippen LogP contribution in [0.15, 0.2) is 84.7 Å². The molecule has 4 saturated carbocycles. The smallest absolute Gasteiger partial charge is 0.310 e. The molecule has 0 radical (unpaired) electrons. The van der Waals surface area contributed by atoms with Gasteiger partial charge in [0.15, 0.2) is 12.4 Å². The first-order chi connectivity index (χ1) is 27.8. The number of aliphatic hydroxyl groups excluding tert-OH is 1. The number of benzene rings is 2. The van der Waals surface area contributed by atoms with E-state index in [2.05, 4.69) is 17.2 Å². The van der Waals surface area contributed by atoms with Crippen LogP contribution in [0, 0.1) is 40.4 Å². The van der Waals surface area contributed by atoms with E-state index < -0.39 is 64.6 Å². The van der Waals surface area contributed by atoms with Crippen molar-refractivity contribution in [3.05, 3.63) is 95.9 Å². The highest BCUT2D eigenvalue weighted by molar-refractivity contribution is 6.01. The molecule has 0 saturated heterocycles. The van der Waals surface area contributed by atoms with Crippen molar-refractivity contribution in [1.82, 2.24) is 4.98 Å². The third-order valence-corrected chi connectivity index (χ3v) is 14.3. The molecule has 0 aliphatic heterocycles. The second-order valence-corrected chi connectivity index (χ2v) is 17.5. The second-order valence-electron chi connectivity index (χ2n) is 17.5. The summed E-state index contributed by atoms with van der Waals surface area (Å²) in [6.07, 6.45) is 11.0. The lowest BCUT2D eigenvalue weighted by molar-refractivity contribution is -0.181. The van der Waals surface area contributed by atoms with E-state index in [1.807, 2.05) is 49.4 Å². The fourth-order valence-electron chi connectivity index (χ4n) is 11.0. The Morgan fingerprint density at radius 3 is 2.52 bits per heavy atom. The number of nitrogens with two attached hydrogens (primary N) is 1. The van der Waals surface area contributed by atoms with Crippen LogP contribution >= 0.6 is 0 Å². The summed E-state index contributed by atoms with van der Waals surface area (Å²) in [5, 5.41) is 28.6. The molecule has 8 rings (SSSR count). The maximum Gasteiger partial charge on any atom is 0.310 e. The van der Waals surface area contributed by atoms with Crippen molar-refractivity contribution in [2.75, 3.05) is 18.5 Å². The van der Waals surface area contributed by atoms with Crippen LogP contribution in [0.2, 0.25) is 0 Å². The Morgan fingerprint density at radius 2 is 1.76 bits per heavy atom. The highest BCUT2D eigenvalue weighted by Crippen LogP contribution is 2.67. The van der Waals surface area contributed by atoms with Crippen LogP contribution in [-0.2, 0) is 40.1 Å². The first-order valence-electron chi connectivity index (χ1n) is 20.4. The largest absolute Gasteiger partial charge is 0.461 e. The standard InChI is InChI=1S/C46H51N3O9/c1-44-15-11-32(50)20-30(44)8-10-34-37-12-16-46(56,45(37,2)22-38(51)40(34)44)39(52)25-58-43(55)36-21-35(36)42(54)57-24-26-3-5-27(6-4-26)33(13-17-47)41(53)49-31-9-7-29-23-48-18-14-28(29)19-31/h3-7,9,11,14-15,18-20,23,33-38,40,51,56H,8,10,12-13,16-17,21-22,24-25,47H2,1-2H3,(H,49,53)/t33?,34?,35?,36?,37-,38-,40+,44-,45-,46-/m0/s1. The lowest BCUT2D eigenvalue weighted by Gasteiger charge is -2.59. The van der Waals surface area contributed by atoms with Gasteiger partial charge in [0, 0.05) is 40.2 Å². The molecule has 4 fully saturated rings. The van der Waals surface area contributed by atoms with Crippen molar-refractivity contribution in [3.8, 4) is 0 Å². The van der Waals surface area contributed by atoms with Gasteiger partial charge in [-0.2, -0.15) is 0 Å². The quantitative estimate of drug-likeness (QED) is 0.178. The number of nitrogens with zero attached hydrogens (tertiary/aromatic N) is 1. The van der Waals surface area contributed by atoms with Crippen LogP contribution in [0.3, 0.4) is 0 Å². The van der Waals surface area contributed by atoms with Crippen LogP contribution in [0.25, 0.3) is 10.8 Å². The number of anilines is 1. The van der Waals surface area contributed by atoms with Crippen molar-refractivity contribution in [3.63, 3.8) is 0 Å². The van der Waals surface area contributed by atoms with Gasteiger partial charge in [-0.3, -0.25) is 29.0 Å². The number of ketones is 2. The molecule has 5 aliphatic carbocycles. The zero-order valence-corrected chi connectivity index (χ0v) is 32.9. The van der Waals surface area contributed by atoms with Gasteiger partial charge in [-0.25, -0.2) is 0 Å². The van der Waals surface area contributed by atoms with Gasteiger partial charge >= 0.3 is 11.9 Å². The number of nitrogens with one attached hydrogen (secondary N) is 1. The number of ether oxygens (including phenoxy) is 2. The number of rotatable bonds is 12. The van der Waals surface area contributed by atoms with E-state index in [1.54, 1.807) is 36.7 Å². The van der Waals surface area contributed by atoms with Crippen molar-refractivity contribution >= 4 is 45.9 Å². The summed E-state index contributed by atoms with van der Waals surface area (Å²) in [5.74, 6) is -4.08. The molecule has 0 spiro atoms. The molecule has 12 heteroatoms. The van der Waals surface area contributed by atoms with Gasteiger partial charge in [-0.1, -0.05) is 55.8 Å². The summed E-state index contributed by atoms with van der Waals surface area (Å²) in [7, 11) is 0. The normalized spacial score (nSPS) is 32.6. The fraction of sp³-hybridized carbons (Fsp3) is 0.478. The minimum absolute atomic E-state index is 0.0266. The summed E-state index contributed by atoms with van der Waals surface area (Å²) in [6.45, 7) is 3.61. The fourth-order valence-corrected chi connectivity index (χ4v) is 11.0. The number of carbonyl (C=O) groups excluding carboxylic acids is 5. The Bertz CT molecular complexity index is 2220. The molecular formula is C46H51N3O9. The second kappa shape index (κ2) is 15.3. The third-order valence-electron chi connectivity index (χ3n) is 14.3. The molecule has 5 N–H and O–H groups in total. The molecule has 1 heterocycles. The van der Waals surface area contributed by atoms with Crippen LogP contribution in [-0.4, -0.2) is 69.5 Å². The number of hydrogen-bond donors (Lipinski definition) is 4. The van der Waals surface area contributed by atoms with Crippen LogP contribution in [0.5, 0.6) is 0 Å². The average Bonchev–Trinajstić information content (AvgIpc) is 3.97. The highest BCUT2D eigenvalue weighted by atomic mass is 16.5.